The minimum absolute atomic E-state index is 0.216. The van der Waals surface area contributed by atoms with Crippen LogP contribution in [-0.4, -0.2) is 32.8 Å². The first kappa shape index (κ1) is 7.98. The van der Waals surface area contributed by atoms with Crippen LogP contribution < -0.4 is 16.0 Å². The topological polar surface area (TPSA) is 36.1 Å². The van der Waals surface area contributed by atoms with E-state index in [0.717, 1.165) is 0 Å². The van der Waals surface area contributed by atoms with E-state index in [9.17, 15) is 0 Å². The van der Waals surface area contributed by atoms with Crippen molar-refractivity contribution in [1.82, 2.24) is 16.0 Å². The fourth-order valence-electron chi connectivity index (χ4n) is 1.52. The van der Waals surface area contributed by atoms with E-state index < -0.39 is 0 Å². The Morgan fingerprint density at radius 2 is 1.60 bits per heavy atom. The van der Waals surface area contributed by atoms with E-state index in [1.54, 1.807) is 0 Å². The molecule has 0 unspecified atom stereocenters. The van der Waals surface area contributed by atoms with Gasteiger partial charge >= 0.3 is 0 Å². The van der Waals surface area contributed by atoms with Crippen molar-refractivity contribution in [2.24, 2.45) is 0 Å². The highest BCUT2D eigenvalue weighted by atomic mass is 15.2. The Labute approximate surface area is 62.6 Å². The molecule has 1 aliphatic rings. The zero-order chi connectivity index (χ0) is 7.61. The second kappa shape index (κ2) is 2.86. The molecule has 0 bridgehead atoms. The average molecular weight is 143 g/mol. The van der Waals surface area contributed by atoms with Crippen molar-refractivity contribution in [3.05, 3.63) is 0 Å². The van der Waals surface area contributed by atoms with E-state index in [-0.39, 0.29) is 5.66 Å². The van der Waals surface area contributed by atoms with E-state index >= 15 is 0 Å². The molecule has 1 fully saturated rings. The first-order valence-corrected chi connectivity index (χ1v) is 3.81. The molecule has 0 aromatic carbocycles. The third kappa shape index (κ3) is 1.17. The Hall–Kier alpha value is -0.120. The lowest BCUT2D eigenvalue weighted by Gasteiger charge is -2.47. The molecule has 0 amide bonds. The van der Waals surface area contributed by atoms with Crippen molar-refractivity contribution in [2.45, 2.75) is 24.5 Å². The van der Waals surface area contributed by atoms with E-state index in [1.165, 1.54) is 12.8 Å². The van der Waals surface area contributed by atoms with Crippen LogP contribution >= 0.6 is 0 Å². The Kier molecular flexibility index (Phi) is 2.28. The third-order valence-electron chi connectivity index (χ3n) is 2.56. The maximum Gasteiger partial charge on any atom is 0.0712 e. The summed E-state index contributed by atoms with van der Waals surface area (Å²) in [4.78, 5) is 0. The Bertz CT molecular complexity index is 101. The highest BCUT2D eigenvalue weighted by Gasteiger charge is 2.40. The molecule has 3 N–H and O–H groups in total. The molecular weight excluding hydrogens is 126 g/mol. The molecule has 1 saturated carbocycles. The Morgan fingerprint density at radius 3 is 1.90 bits per heavy atom. The summed E-state index contributed by atoms with van der Waals surface area (Å²) in [5, 5.41) is 9.80. The van der Waals surface area contributed by atoms with E-state index in [0.29, 0.717) is 6.04 Å². The van der Waals surface area contributed by atoms with Crippen LogP contribution in [0.1, 0.15) is 12.8 Å². The van der Waals surface area contributed by atoms with Crippen LogP contribution in [0, 0.1) is 0 Å². The molecule has 10 heavy (non-hydrogen) atoms. The second-order valence-electron chi connectivity index (χ2n) is 2.98. The minimum Gasteiger partial charge on any atom is -0.317 e. The maximum absolute atomic E-state index is 3.28. The lowest BCUT2D eigenvalue weighted by Crippen LogP contribution is -2.66. The second-order valence-corrected chi connectivity index (χ2v) is 2.98. The zero-order valence-electron chi connectivity index (χ0n) is 6.99. The predicted molar refractivity (Wildman–Crippen MR) is 42.9 cm³/mol. The molecule has 0 aromatic rings. The fourth-order valence-corrected chi connectivity index (χ4v) is 1.52. The highest BCUT2D eigenvalue weighted by molar-refractivity contribution is 5.00. The SMILES string of the molecule is CNC1CC(NC)(NC)C1. The van der Waals surface area contributed by atoms with Crippen molar-refractivity contribution in [3.8, 4) is 0 Å². The summed E-state index contributed by atoms with van der Waals surface area (Å²) in [5.74, 6) is 0. The molecule has 60 valence electrons. The van der Waals surface area contributed by atoms with Gasteiger partial charge in [0.05, 0.1) is 5.66 Å². The first-order valence-electron chi connectivity index (χ1n) is 3.81. The molecule has 0 radical (unpaired) electrons. The average Bonchev–Trinajstić information content (AvgIpc) is 1.89. The largest absolute Gasteiger partial charge is 0.317 e. The van der Waals surface area contributed by atoms with Crippen molar-refractivity contribution >= 4 is 0 Å². The van der Waals surface area contributed by atoms with Crippen LogP contribution in [0.15, 0.2) is 0 Å². The Balaban J connectivity index is 2.31. The molecule has 1 aliphatic carbocycles. The van der Waals surface area contributed by atoms with Gasteiger partial charge in [-0.3, -0.25) is 0 Å². The van der Waals surface area contributed by atoms with Gasteiger partial charge in [-0.25, -0.2) is 0 Å². The zero-order valence-corrected chi connectivity index (χ0v) is 6.99. The predicted octanol–water partition coefficient (Wildman–Crippen LogP) is -0.497. The third-order valence-corrected chi connectivity index (χ3v) is 2.56. The van der Waals surface area contributed by atoms with Gasteiger partial charge in [0.15, 0.2) is 0 Å². The molecular formula is C7H17N3. The molecule has 0 heterocycles. The van der Waals surface area contributed by atoms with Crippen molar-refractivity contribution in [1.29, 1.82) is 0 Å². The normalized spacial score (nSPS) is 24.3. The van der Waals surface area contributed by atoms with Gasteiger partial charge in [-0.1, -0.05) is 0 Å². The standard InChI is InChI=1S/C7H17N3/c1-8-6-4-7(5-6,9-2)10-3/h6,8-10H,4-5H2,1-3H3. The maximum atomic E-state index is 3.28. The summed E-state index contributed by atoms with van der Waals surface area (Å²) in [6.07, 6.45) is 2.35. The summed E-state index contributed by atoms with van der Waals surface area (Å²) in [5.41, 5.74) is 0.216. The summed E-state index contributed by atoms with van der Waals surface area (Å²) in [6.45, 7) is 0. The van der Waals surface area contributed by atoms with Crippen molar-refractivity contribution in [2.75, 3.05) is 21.1 Å². The van der Waals surface area contributed by atoms with Crippen LogP contribution in [-0.2, 0) is 0 Å². The molecule has 3 nitrogen and oxygen atoms in total. The number of nitrogens with one attached hydrogen (secondary N) is 3. The summed E-state index contributed by atoms with van der Waals surface area (Å²) in [7, 11) is 6.02. The lowest BCUT2D eigenvalue weighted by atomic mass is 9.80. The fraction of sp³-hybridized carbons (Fsp3) is 1.00. The molecule has 3 heteroatoms. The van der Waals surface area contributed by atoms with Crippen LogP contribution in [0.4, 0.5) is 0 Å². The number of hydrogen-bond acceptors (Lipinski definition) is 3. The van der Waals surface area contributed by atoms with Crippen molar-refractivity contribution < 1.29 is 0 Å². The van der Waals surface area contributed by atoms with Gasteiger partial charge in [-0.15, -0.1) is 0 Å². The summed E-state index contributed by atoms with van der Waals surface area (Å²) >= 11 is 0. The van der Waals surface area contributed by atoms with Crippen LogP contribution in [0.25, 0.3) is 0 Å². The molecule has 0 atom stereocenters. The quantitative estimate of drug-likeness (QED) is 0.466. The van der Waals surface area contributed by atoms with Crippen molar-refractivity contribution in [3.63, 3.8) is 0 Å². The van der Waals surface area contributed by atoms with Gasteiger partial charge in [-0.2, -0.15) is 0 Å². The van der Waals surface area contributed by atoms with Gasteiger partial charge in [-0.05, 0) is 34.0 Å². The van der Waals surface area contributed by atoms with Crippen LogP contribution in [0.2, 0.25) is 0 Å². The minimum atomic E-state index is 0.216. The number of hydrogen-bond donors (Lipinski definition) is 3. The summed E-state index contributed by atoms with van der Waals surface area (Å²) < 4.78 is 0. The first-order chi connectivity index (χ1) is 4.76. The molecule has 0 spiro atoms. The van der Waals surface area contributed by atoms with Gasteiger partial charge in [0.2, 0.25) is 0 Å². The van der Waals surface area contributed by atoms with E-state index in [1.807, 2.05) is 21.1 Å². The monoisotopic (exact) mass is 143 g/mol. The summed E-state index contributed by atoms with van der Waals surface area (Å²) in [6, 6.07) is 0.694. The van der Waals surface area contributed by atoms with Gasteiger partial charge in [0.25, 0.3) is 0 Å². The Morgan fingerprint density at radius 1 is 1.10 bits per heavy atom. The molecule has 0 aliphatic heterocycles. The van der Waals surface area contributed by atoms with E-state index in [2.05, 4.69) is 16.0 Å². The lowest BCUT2D eigenvalue weighted by molar-refractivity contribution is 0.115. The molecule has 0 aromatic heterocycles. The van der Waals surface area contributed by atoms with Gasteiger partial charge < -0.3 is 16.0 Å². The smallest absolute Gasteiger partial charge is 0.0712 e. The molecule has 0 saturated heterocycles. The highest BCUT2D eigenvalue weighted by Crippen LogP contribution is 2.28. The van der Waals surface area contributed by atoms with Gasteiger partial charge in [0, 0.05) is 6.04 Å². The molecule has 1 rings (SSSR count). The van der Waals surface area contributed by atoms with E-state index in [4.69, 9.17) is 0 Å². The van der Waals surface area contributed by atoms with Crippen LogP contribution in [0.3, 0.4) is 0 Å². The number of rotatable bonds is 3. The van der Waals surface area contributed by atoms with Crippen LogP contribution in [0.5, 0.6) is 0 Å². The van der Waals surface area contributed by atoms with Gasteiger partial charge in [0.1, 0.15) is 0 Å².